The number of carbonyl (C=O) groups excluding carboxylic acids is 1. The molecular weight excluding hydrogens is 300 g/mol. The molecule has 0 unspecified atom stereocenters. The number of carbonyl (C=O) groups is 1. The van der Waals surface area contributed by atoms with Gasteiger partial charge >= 0.3 is 0 Å². The van der Waals surface area contributed by atoms with Gasteiger partial charge in [-0.3, -0.25) is 4.79 Å². The van der Waals surface area contributed by atoms with Crippen molar-refractivity contribution in [2.24, 2.45) is 0 Å². The van der Waals surface area contributed by atoms with E-state index in [1.807, 2.05) is 29.2 Å². The zero-order valence-electron chi connectivity index (χ0n) is 14.5. The molecule has 1 aromatic carbocycles. The molecule has 1 aliphatic heterocycles. The van der Waals surface area contributed by atoms with Crippen molar-refractivity contribution in [1.82, 2.24) is 10.2 Å². The first-order valence-corrected chi connectivity index (χ1v) is 8.75. The van der Waals surface area contributed by atoms with Crippen molar-refractivity contribution in [3.05, 3.63) is 59.5 Å². The fourth-order valence-corrected chi connectivity index (χ4v) is 3.43. The second kappa shape index (κ2) is 7.67. The molecule has 1 aromatic heterocycles. The summed E-state index contributed by atoms with van der Waals surface area (Å²) in [5.41, 5.74) is 2.39. The number of nitrogens with zero attached hydrogens (tertiary/aromatic N) is 1. The van der Waals surface area contributed by atoms with Crippen LogP contribution in [-0.4, -0.2) is 29.9 Å². The summed E-state index contributed by atoms with van der Waals surface area (Å²) in [7, 11) is 0. The van der Waals surface area contributed by atoms with Crippen molar-refractivity contribution in [2.45, 2.75) is 45.2 Å². The van der Waals surface area contributed by atoms with Crippen molar-refractivity contribution >= 4 is 5.91 Å². The van der Waals surface area contributed by atoms with E-state index in [-0.39, 0.29) is 11.9 Å². The Bertz CT molecular complexity index is 665. The minimum atomic E-state index is 0.171. The van der Waals surface area contributed by atoms with E-state index in [9.17, 15) is 4.79 Å². The Labute approximate surface area is 143 Å². The van der Waals surface area contributed by atoms with Gasteiger partial charge in [0.15, 0.2) is 0 Å². The summed E-state index contributed by atoms with van der Waals surface area (Å²) >= 11 is 0. The maximum atomic E-state index is 12.4. The highest BCUT2D eigenvalue weighted by atomic mass is 16.3. The van der Waals surface area contributed by atoms with Gasteiger partial charge in [-0.15, -0.1) is 0 Å². The third kappa shape index (κ3) is 4.06. The van der Waals surface area contributed by atoms with Crippen molar-refractivity contribution in [1.29, 1.82) is 0 Å². The average Bonchev–Trinajstić information content (AvgIpc) is 3.22. The zero-order valence-corrected chi connectivity index (χ0v) is 14.5. The third-order valence-corrected chi connectivity index (χ3v) is 4.79. The number of nitrogens with one attached hydrogen (secondary N) is 1. The highest BCUT2D eigenvalue weighted by molar-refractivity contribution is 5.76. The van der Waals surface area contributed by atoms with Crippen LogP contribution >= 0.6 is 0 Å². The molecule has 3 rings (SSSR count). The van der Waals surface area contributed by atoms with Gasteiger partial charge in [0.1, 0.15) is 5.76 Å². The van der Waals surface area contributed by atoms with Crippen LogP contribution in [0.25, 0.3) is 0 Å². The lowest BCUT2D eigenvalue weighted by atomic mass is 10.1. The Kier molecular flexibility index (Phi) is 5.36. The smallest absolute Gasteiger partial charge is 0.222 e. The van der Waals surface area contributed by atoms with E-state index in [1.165, 1.54) is 11.1 Å². The van der Waals surface area contributed by atoms with Crippen LogP contribution in [0.4, 0.5) is 0 Å². The third-order valence-electron chi connectivity index (χ3n) is 4.79. The molecule has 24 heavy (non-hydrogen) atoms. The summed E-state index contributed by atoms with van der Waals surface area (Å²) in [5.74, 6) is 1.24. The number of aryl methyl sites for hydroxylation is 2. The number of amides is 1. The van der Waals surface area contributed by atoms with Crippen LogP contribution in [-0.2, 0) is 11.2 Å². The second-order valence-corrected chi connectivity index (χ2v) is 6.67. The lowest BCUT2D eigenvalue weighted by Gasteiger charge is -2.20. The van der Waals surface area contributed by atoms with Crippen molar-refractivity contribution in [3.8, 4) is 0 Å². The van der Waals surface area contributed by atoms with Crippen molar-refractivity contribution in [3.63, 3.8) is 0 Å². The Morgan fingerprint density at radius 2 is 2.12 bits per heavy atom. The topological polar surface area (TPSA) is 45.5 Å². The minimum Gasteiger partial charge on any atom is -0.467 e. The molecule has 1 fully saturated rings. The quantitative estimate of drug-likeness (QED) is 0.884. The van der Waals surface area contributed by atoms with E-state index in [1.54, 1.807) is 6.26 Å². The van der Waals surface area contributed by atoms with E-state index in [0.717, 1.165) is 31.7 Å². The Morgan fingerprint density at radius 3 is 2.83 bits per heavy atom. The zero-order chi connectivity index (χ0) is 16.9. The molecule has 4 nitrogen and oxygen atoms in total. The molecule has 1 saturated heterocycles. The fraction of sp³-hybridized carbons (Fsp3) is 0.450. The van der Waals surface area contributed by atoms with Crippen LogP contribution in [0.2, 0.25) is 0 Å². The molecule has 0 bridgehead atoms. The van der Waals surface area contributed by atoms with Gasteiger partial charge in [-0.25, -0.2) is 0 Å². The van der Waals surface area contributed by atoms with Crippen LogP contribution in [0, 0.1) is 6.92 Å². The van der Waals surface area contributed by atoms with Crippen molar-refractivity contribution < 1.29 is 9.21 Å². The first kappa shape index (κ1) is 16.8. The first-order chi connectivity index (χ1) is 11.6. The largest absolute Gasteiger partial charge is 0.467 e. The fourth-order valence-electron chi connectivity index (χ4n) is 3.43. The van der Waals surface area contributed by atoms with Gasteiger partial charge < -0.3 is 14.6 Å². The summed E-state index contributed by atoms with van der Waals surface area (Å²) < 4.78 is 5.56. The van der Waals surface area contributed by atoms with E-state index in [2.05, 4.69) is 31.3 Å². The van der Waals surface area contributed by atoms with Gasteiger partial charge in [0.2, 0.25) is 5.91 Å². The van der Waals surface area contributed by atoms with E-state index >= 15 is 0 Å². The van der Waals surface area contributed by atoms with E-state index in [4.69, 9.17) is 4.42 Å². The molecule has 1 N–H and O–H groups in total. The van der Waals surface area contributed by atoms with Crippen molar-refractivity contribution in [2.75, 3.05) is 13.1 Å². The molecule has 1 aliphatic rings. The number of furan rings is 1. The molecular formula is C20H26N2O2. The first-order valence-electron chi connectivity index (χ1n) is 8.75. The summed E-state index contributed by atoms with van der Waals surface area (Å²) in [6.45, 7) is 5.81. The maximum absolute atomic E-state index is 12.4. The van der Waals surface area contributed by atoms with Crippen LogP contribution in [0.5, 0.6) is 0 Å². The monoisotopic (exact) mass is 326 g/mol. The summed E-state index contributed by atoms with van der Waals surface area (Å²) in [4.78, 5) is 14.4. The predicted octanol–water partition coefficient (Wildman–Crippen LogP) is 3.47. The Morgan fingerprint density at radius 1 is 1.33 bits per heavy atom. The van der Waals surface area contributed by atoms with Gasteiger partial charge in [-0.05, 0) is 43.9 Å². The Balaban J connectivity index is 1.46. The molecule has 2 aromatic rings. The highest BCUT2D eigenvalue weighted by Gasteiger charge is 2.27. The van der Waals surface area contributed by atoms with Gasteiger partial charge in [-0.2, -0.15) is 0 Å². The molecule has 0 saturated carbocycles. The number of likely N-dealkylation sites (tertiary alicyclic amines) is 1. The Hall–Kier alpha value is -2.07. The van der Waals surface area contributed by atoms with Gasteiger partial charge in [0.05, 0.1) is 12.3 Å². The number of hydrogen-bond acceptors (Lipinski definition) is 3. The predicted molar refractivity (Wildman–Crippen MR) is 94.7 cm³/mol. The lowest BCUT2D eigenvalue weighted by molar-refractivity contribution is -0.130. The van der Waals surface area contributed by atoms with Gasteiger partial charge in [-0.1, -0.05) is 30.3 Å². The van der Waals surface area contributed by atoms with Gasteiger partial charge in [0, 0.05) is 25.6 Å². The lowest BCUT2D eigenvalue weighted by Crippen LogP contribution is -2.36. The average molecular weight is 326 g/mol. The number of rotatable bonds is 6. The van der Waals surface area contributed by atoms with Crippen LogP contribution in [0.3, 0.4) is 0 Å². The van der Waals surface area contributed by atoms with Crippen LogP contribution in [0.1, 0.15) is 42.7 Å². The summed E-state index contributed by atoms with van der Waals surface area (Å²) in [5, 5.41) is 3.59. The number of benzene rings is 1. The standard InChI is InChI=1S/C20H26N2O2/c1-15-11-13-24-20(15)16(2)21-18-10-12-22(14-18)19(23)9-8-17-6-4-3-5-7-17/h3-7,11,13,16,18,21H,8-10,12,14H2,1-2H3/t16-,18+/m1/s1. The molecule has 0 radical (unpaired) electrons. The maximum Gasteiger partial charge on any atom is 0.222 e. The summed E-state index contributed by atoms with van der Waals surface area (Å²) in [6, 6.07) is 12.7. The van der Waals surface area contributed by atoms with Gasteiger partial charge in [0.25, 0.3) is 0 Å². The molecule has 0 aliphatic carbocycles. The van der Waals surface area contributed by atoms with E-state index < -0.39 is 0 Å². The van der Waals surface area contributed by atoms with E-state index in [0.29, 0.717) is 12.5 Å². The molecule has 4 heteroatoms. The normalized spacial score (nSPS) is 18.8. The molecule has 128 valence electrons. The molecule has 1 amide bonds. The summed E-state index contributed by atoms with van der Waals surface area (Å²) in [6.07, 6.45) is 4.14. The SMILES string of the molecule is Cc1ccoc1[C@@H](C)N[C@H]1CCN(C(=O)CCc2ccccc2)C1. The van der Waals surface area contributed by atoms with Crippen LogP contribution in [0.15, 0.2) is 47.1 Å². The molecule has 2 heterocycles. The molecule has 2 atom stereocenters. The minimum absolute atomic E-state index is 0.171. The molecule has 0 spiro atoms. The second-order valence-electron chi connectivity index (χ2n) is 6.67. The number of hydrogen-bond donors (Lipinski definition) is 1. The highest BCUT2D eigenvalue weighted by Crippen LogP contribution is 2.21. The van der Waals surface area contributed by atoms with Crippen LogP contribution < -0.4 is 5.32 Å².